The summed E-state index contributed by atoms with van der Waals surface area (Å²) >= 11 is 1.66. The second-order valence-electron chi connectivity index (χ2n) is 6.46. The Morgan fingerprint density at radius 2 is 1.88 bits per heavy atom. The van der Waals surface area contributed by atoms with Gasteiger partial charge in [-0.1, -0.05) is 6.07 Å². The monoisotopic (exact) mass is 369 g/mol. The molecule has 0 spiro atoms. The van der Waals surface area contributed by atoms with Crippen LogP contribution in [-0.4, -0.2) is 43.2 Å². The molecule has 5 nitrogen and oxygen atoms in total. The summed E-state index contributed by atoms with van der Waals surface area (Å²) in [7, 11) is 1.70. The van der Waals surface area contributed by atoms with Crippen molar-refractivity contribution in [3.05, 3.63) is 53.2 Å². The van der Waals surface area contributed by atoms with Crippen LogP contribution in [0.3, 0.4) is 0 Å². The summed E-state index contributed by atoms with van der Waals surface area (Å²) in [4.78, 5) is 10.7. The fourth-order valence-electron chi connectivity index (χ4n) is 3.25. The first kappa shape index (κ1) is 17.1. The molecular weight excluding hydrogens is 346 g/mol. The number of aromatic nitrogens is 1. The first-order valence-electron chi connectivity index (χ1n) is 8.84. The molecule has 0 amide bonds. The van der Waals surface area contributed by atoms with Gasteiger partial charge in [0.1, 0.15) is 11.5 Å². The summed E-state index contributed by atoms with van der Waals surface area (Å²) in [6.07, 6.45) is 0. The summed E-state index contributed by atoms with van der Waals surface area (Å²) in [5.74, 6) is 2.56. The topological polar surface area (TPSA) is 41.7 Å². The quantitative estimate of drug-likeness (QED) is 0.679. The molecular formula is C20H23N3O2S. The molecule has 1 saturated heterocycles. The van der Waals surface area contributed by atoms with E-state index in [1.165, 1.54) is 5.69 Å². The molecule has 1 aromatic carbocycles. The van der Waals surface area contributed by atoms with E-state index < -0.39 is 0 Å². The average Bonchev–Trinajstić information content (AvgIpc) is 3.33. The van der Waals surface area contributed by atoms with Gasteiger partial charge >= 0.3 is 0 Å². The number of anilines is 1. The number of thiophene rings is 1. The van der Waals surface area contributed by atoms with E-state index >= 15 is 0 Å². The summed E-state index contributed by atoms with van der Waals surface area (Å²) in [5, 5.41) is 2.05. The number of rotatable bonds is 5. The summed E-state index contributed by atoms with van der Waals surface area (Å²) in [5.41, 5.74) is 2.30. The summed E-state index contributed by atoms with van der Waals surface area (Å²) in [6, 6.07) is 12.4. The first-order valence-corrected chi connectivity index (χ1v) is 9.72. The highest BCUT2D eigenvalue weighted by atomic mass is 32.1. The Hall–Kier alpha value is -2.31. The molecule has 3 aromatic rings. The lowest BCUT2D eigenvalue weighted by Crippen LogP contribution is -2.46. The molecule has 26 heavy (non-hydrogen) atoms. The van der Waals surface area contributed by atoms with Gasteiger partial charge in [-0.15, -0.1) is 11.3 Å². The molecule has 1 aliphatic rings. The third-order valence-electron chi connectivity index (χ3n) is 4.81. The minimum atomic E-state index is 0.740. The van der Waals surface area contributed by atoms with Crippen LogP contribution in [0.2, 0.25) is 0 Å². The van der Waals surface area contributed by atoms with Gasteiger partial charge in [-0.05, 0) is 42.6 Å². The molecule has 0 saturated carbocycles. The van der Waals surface area contributed by atoms with Gasteiger partial charge in [-0.2, -0.15) is 0 Å². The van der Waals surface area contributed by atoms with Crippen LogP contribution in [0.25, 0.3) is 10.8 Å². The van der Waals surface area contributed by atoms with Gasteiger partial charge in [-0.3, -0.25) is 4.90 Å². The molecule has 1 fully saturated rings. The smallest absolute Gasteiger partial charge is 0.236 e. The molecule has 4 rings (SSSR count). The van der Waals surface area contributed by atoms with Crippen molar-refractivity contribution in [2.45, 2.75) is 13.5 Å². The van der Waals surface area contributed by atoms with Crippen LogP contribution in [0.5, 0.6) is 5.75 Å². The zero-order valence-corrected chi connectivity index (χ0v) is 16.0. The predicted molar refractivity (Wildman–Crippen MR) is 105 cm³/mol. The SMILES string of the molecule is COc1ccc(N2CCN(Cc3nc(-c4cccs4)oc3C)CC2)cc1. The summed E-state index contributed by atoms with van der Waals surface area (Å²) < 4.78 is 11.1. The van der Waals surface area contributed by atoms with Crippen molar-refractivity contribution in [1.29, 1.82) is 0 Å². The van der Waals surface area contributed by atoms with Crippen molar-refractivity contribution >= 4 is 17.0 Å². The lowest BCUT2D eigenvalue weighted by Gasteiger charge is -2.35. The maximum atomic E-state index is 5.86. The van der Waals surface area contributed by atoms with Crippen LogP contribution in [-0.2, 0) is 6.54 Å². The van der Waals surface area contributed by atoms with E-state index in [0.717, 1.165) is 60.7 Å². The fraction of sp³-hybridized carbons (Fsp3) is 0.350. The Bertz CT molecular complexity index is 835. The molecule has 6 heteroatoms. The van der Waals surface area contributed by atoms with E-state index in [0.29, 0.717) is 0 Å². The number of benzene rings is 1. The minimum absolute atomic E-state index is 0.740. The predicted octanol–water partition coefficient (Wildman–Crippen LogP) is 4.04. The largest absolute Gasteiger partial charge is 0.497 e. The number of oxazole rings is 1. The summed E-state index contributed by atoms with van der Waals surface area (Å²) in [6.45, 7) is 6.92. The van der Waals surface area contributed by atoms with Crippen LogP contribution in [0.15, 0.2) is 46.2 Å². The second kappa shape index (κ2) is 7.51. The molecule has 0 N–H and O–H groups in total. The average molecular weight is 369 g/mol. The fourth-order valence-corrected chi connectivity index (χ4v) is 3.90. The molecule has 1 aliphatic heterocycles. The maximum absolute atomic E-state index is 5.86. The van der Waals surface area contributed by atoms with Gasteiger partial charge < -0.3 is 14.1 Å². The zero-order valence-electron chi connectivity index (χ0n) is 15.1. The Morgan fingerprint density at radius 1 is 1.12 bits per heavy atom. The van der Waals surface area contributed by atoms with E-state index in [4.69, 9.17) is 14.1 Å². The van der Waals surface area contributed by atoms with Gasteiger partial charge in [0.15, 0.2) is 0 Å². The highest BCUT2D eigenvalue weighted by molar-refractivity contribution is 7.13. The molecule has 0 bridgehead atoms. The van der Waals surface area contributed by atoms with Crippen LogP contribution >= 0.6 is 11.3 Å². The number of methoxy groups -OCH3 is 1. The van der Waals surface area contributed by atoms with E-state index in [2.05, 4.69) is 21.9 Å². The molecule has 0 aliphatic carbocycles. The van der Waals surface area contributed by atoms with Crippen LogP contribution in [0.4, 0.5) is 5.69 Å². The zero-order chi connectivity index (χ0) is 17.9. The third-order valence-corrected chi connectivity index (χ3v) is 5.67. The molecule has 0 atom stereocenters. The third kappa shape index (κ3) is 3.61. The Kier molecular flexibility index (Phi) is 4.95. The Balaban J connectivity index is 1.36. The number of hydrogen-bond donors (Lipinski definition) is 0. The second-order valence-corrected chi connectivity index (χ2v) is 7.41. The lowest BCUT2D eigenvalue weighted by atomic mass is 10.2. The van der Waals surface area contributed by atoms with Crippen LogP contribution in [0.1, 0.15) is 11.5 Å². The number of piperazine rings is 1. The van der Waals surface area contributed by atoms with Gasteiger partial charge in [0.05, 0.1) is 17.7 Å². The Labute approximate surface area is 157 Å². The van der Waals surface area contributed by atoms with Gasteiger partial charge in [-0.25, -0.2) is 4.98 Å². The Morgan fingerprint density at radius 3 is 2.54 bits per heavy atom. The van der Waals surface area contributed by atoms with Crippen molar-refractivity contribution < 1.29 is 9.15 Å². The first-order chi connectivity index (χ1) is 12.7. The van der Waals surface area contributed by atoms with Gasteiger partial charge in [0.25, 0.3) is 0 Å². The van der Waals surface area contributed by atoms with Crippen LogP contribution < -0.4 is 9.64 Å². The minimum Gasteiger partial charge on any atom is -0.497 e. The molecule has 0 radical (unpaired) electrons. The van der Waals surface area contributed by atoms with Crippen molar-refractivity contribution in [3.8, 4) is 16.5 Å². The van der Waals surface area contributed by atoms with Crippen LogP contribution in [0, 0.1) is 6.92 Å². The van der Waals surface area contributed by atoms with Crippen molar-refractivity contribution in [2.75, 3.05) is 38.2 Å². The number of aryl methyl sites for hydroxylation is 1. The maximum Gasteiger partial charge on any atom is 0.236 e. The lowest BCUT2D eigenvalue weighted by molar-refractivity contribution is 0.246. The van der Waals surface area contributed by atoms with Crippen molar-refractivity contribution in [3.63, 3.8) is 0 Å². The molecule has 136 valence electrons. The van der Waals surface area contributed by atoms with Crippen molar-refractivity contribution in [1.82, 2.24) is 9.88 Å². The highest BCUT2D eigenvalue weighted by Gasteiger charge is 2.20. The molecule has 0 unspecified atom stereocenters. The van der Waals surface area contributed by atoms with E-state index in [9.17, 15) is 0 Å². The molecule has 2 aromatic heterocycles. The normalized spacial score (nSPS) is 15.4. The van der Waals surface area contributed by atoms with Gasteiger partial charge in [0, 0.05) is 38.4 Å². The van der Waals surface area contributed by atoms with E-state index in [1.54, 1.807) is 18.4 Å². The van der Waals surface area contributed by atoms with Crippen molar-refractivity contribution in [2.24, 2.45) is 0 Å². The number of ether oxygens (including phenoxy) is 1. The number of nitrogens with zero attached hydrogens (tertiary/aromatic N) is 3. The standard InChI is InChI=1S/C20H23N3O2S/c1-15-18(21-20(25-15)19-4-3-13-26-19)14-22-9-11-23(12-10-22)16-5-7-17(24-2)8-6-16/h3-8,13H,9-12,14H2,1-2H3. The van der Waals surface area contributed by atoms with E-state index in [-0.39, 0.29) is 0 Å². The molecule has 3 heterocycles. The van der Waals surface area contributed by atoms with E-state index in [1.807, 2.05) is 36.6 Å². The number of hydrogen-bond acceptors (Lipinski definition) is 6. The van der Waals surface area contributed by atoms with Gasteiger partial charge in [0.2, 0.25) is 5.89 Å². The highest BCUT2D eigenvalue weighted by Crippen LogP contribution is 2.27.